The molecule has 0 aliphatic carbocycles. The molecule has 1 aromatic carbocycles. The molecule has 0 amide bonds. The van der Waals surface area contributed by atoms with E-state index in [1.807, 2.05) is 19.1 Å². The summed E-state index contributed by atoms with van der Waals surface area (Å²) in [4.78, 5) is 4.32. The van der Waals surface area contributed by atoms with Gasteiger partial charge in [-0.1, -0.05) is 29.3 Å². The fraction of sp³-hybridized carbons (Fsp3) is 0.500. The molecule has 1 rings (SSSR count). The summed E-state index contributed by atoms with van der Waals surface area (Å²) < 4.78 is 5.24. The maximum Gasteiger partial charge on any atom is 0.205 e. The summed E-state index contributed by atoms with van der Waals surface area (Å²) in [5.74, 6) is 5.99. The molecule has 0 saturated heterocycles. The van der Waals surface area contributed by atoms with E-state index in [0.717, 1.165) is 25.0 Å². The highest BCUT2D eigenvalue weighted by Crippen LogP contribution is 2.20. The normalized spacial score (nSPS) is 11.5. The maximum absolute atomic E-state index is 6.11. The molecule has 0 bridgehead atoms. The van der Waals surface area contributed by atoms with Crippen molar-refractivity contribution < 1.29 is 4.74 Å². The number of nitrogens with two attached hydrogens (primary N) is 1. The van der Waals surface area contributed by atoms with E-state index in [-0.39, 0.29) is 0 Å². The number of halogens is 2. The maximum atomic E-state index is 6.11. The second-order valence-corrected chi connectivity index (χ2v) is 5.18. The molecule has 0 unspecified atom stereocenters. The Hall–Kier alpha value is -1.01. The number of guanidine groups is 1. The van der Waals surface area contributed by atoms with Gasteiger partial charge in [-0.3, -0.25) is 10.4 Å². The molecule has 0 radical (unpaired) electrons. The van der Waals surface area contributed by atoms with Crippen molar-refractivity contribution >= 4 is 29.2 Å². The highest BCUT2D eigenvalue weighted by atomic mass is 35.5. The van der Waals surface area contributed by atoms with E-state index in [1.165, 1.54) is 0 Å². The van der Waals surface area contributed by atoms with Crippen LogP contribution in [-0.4, -0.2) is 32.3 Å². The molecule has 0 spiro atoms. The summed E-state index contributed by atoms with van der Waals surface area (Å²) in [5.41, 5.74) is 3.58. The van der Waals surface area contributed by atoms with Crippen molar-refractivity contribution in [1.29, 1.82) is 0 Å². The van der Waals surface area contributed by atoms with Crippen LogP contribution >= 0.6 is 23.2 Å². The van der Waals surface area contributed by atoms with Crippen LogP contribution in [-0.2, 0) is 11.2 Å². The van der Waals surface area contributed by atoms with Crippen molar-refractivity contribution in [2.24, 2.45) is 10.8 Å². The van der Waals surface area contributed by atoms with E-state index in [1.54, 1.807) is 6.07 Å². The summed E-state index contributed by atoms with van der Waals surface area (Å²) in [6, 6.07) is 5.48. The Morgan fingerprint density at radius 1 is 1.38 bits per heavy atom. The van der Waals surface area contributed by atoms with Crippen LogP contribution in [0.15, 0.2) is 23.2 Å². The molecule has 0 aromatic heterocycles. The lowest BCUT2D eigenvalue weighted by Crippen LogP contribution is -2.42. The van der Waals surface area contributed by atoms with Gasteiger partial charge in [0.25, 0.3) is 0 Å². The number of benzene rings is 1. The molecule has 0 atom stereocenters. The highest BCUT2D eigenvalue weighted by Gasteiger charge is 2.02. The van der Waals surface area contributed by atoms with Crippen LogP contribution < -0.4 is 16.6 Å². The van der Waals surface area contributed by atoms with E-state index < -0.39 is 0 Å². The van der Waals surface area contributed by atoms with Crippen molar-refractivity contribution in [3.63, 3.8) is 0 Å². The average molecular weight is 333 g/mol. The van der Waals surface area contributed by atoms with Crippen LogP contribution in [0.4, 0.5) is 0 Å². The van der Waals surface area contributed by atoms with E-state index in [9.17, 15) is 0 Å². The third-order valence-electron chi connectivity index (χ3n) is 2.76. The first-order chi connectivity index (χ1) is 10.2. The first kappa shape index (κ1) is 18.0. The van der Waals surface area contributed by atoms with Gasteiger partial charge in [0.2, 0.25) is 5.96 Å². The van der Waals surface area contributed by atoms with Gasteiger partial charge in [-0.15, -0.1) is 0 Å². The predicted molar refractivity (Wildman–Crippen MR) is 88.9 cm³/mol. The van der Waals surface area contributed by atoms with Crippen molar-refractivity contribution in [2.45, 2.75) is 19.8 Å². The minimum Gasteiger partial charge on any atom is -0.382 e. The van der Waals surface area contributed by atoms with Crippen LogP contribution in [0.3, 0.4) is 0 Å². The Morgan fingerprint density at radius 2 is 2.19 bits per heavy atom. The molecule has 0 saturated carbocycles. The Morgan fingerprint density at radius 3 is 2.86 bits per heavy atom. The second kappa shape index (κ2) is 10.7. The largest absolute Gasteiger partial charge is 0.382 e. The monoisotopic (exact) mass is 332 g/mol. The Labute approximate surface area is 135 Å². The molecule has 0 fully saturated rings. The zero-order chi connectivity index (χ0) is 15.5. The summed E-state index contributed by atoms with van der Waals surface area (Å²) in [6.45, 7) is 4.74. The van der Waals surface area contributed by atoms with Crippen molar-refractivity contribution in [3.05, 3.63) is 33.8 Å². The summed E-state index contributed by atoms with van der Waals surface area (Å²) in [6.07, 6.45) is 1.62. The van der Waals surface area contributed by atoms with E-state index in [0.29, 0.717) is 35.7 Å². The number of hydrazine groups is 1. The Kier molecular flexibility index (Phi) is 9.17. The number of nitrogens with one attached hydrogen (secondary N) is 2. The fourth-order valence-electron chi connectivity index (χ4n) is 1.69. The number of hydrogen-bond acceptors (Lipinski definition) is 3. The van der Waals surface area contributed by atoms with E-state index in [2.05, 4.69) is 15.7 Å². The summed E-state index contributed by atoms with van der Waals surface area (Å²) in [5, 5.41) is 4.43. The van der Waals surface area contributed by atoms with Gasteiger partial charge in [0.15, 0.2) is 0 Å². The van der Waals surface area contributed by atoms with Gasteiger partial charge in [0.05, 0.1) is 0 Å². The summed E-state index contributed by atoms with van der Waals surface area (Å²) >= 11 is 12.0. The topological polar surface area (TPSA) is 71.7 Å². The minimum absolute atomic E-state index is 0.566. The van der Waals surface area contributed by atoms with Gasteiger partial charge in [-0.25, -0.2) is 5.84 Å². The number of aliphatic imine (C=N–C) groups is 1. The average Bonchev–Trinajstić information content (AvgIpc) is 2.47. The van der Waals surface area contributed by atoms with Gasteiger partial charge in [0.1, 0.15) is 0 Å². The third kappa shape index (κ3) is 7.52. The van der Waals surface area contributed by atoms with Gasteiger partial charge in [-0.05, 0) is 37.5 Å². The standard InChI is InChI=1S/C14H22Cl2N4O/c1-2-21-9-3-7-18-14(20-17)19-8-6-11-4-5-12(15)10-13(11)16/h4-5,10H,2-3,6-9,17H2,1H3,(H2,18,19,20). The number of ether oxygens (including phenoxy) is 1. The van der Waals surface area contributed by atoms with Crippen molar-refractivity contribution in [1.82, 2.24) is 10.7 Å². The van der Waals surface area contributed by atoms with Gasteiger partial charge in [-0.2, -0.15) is 0 Å². The fourth-order valence-corrected chi connectivity index (χ4v) is 2.20. The Balaban J connectivity index is 2.32. The zero-order valence-corrected chi connectivity index (χ0v) is 13.7. The van der Waals surface area contributed by atoms with Gasteiger partial charge in [0, 0.05) is 36.3 Å². The lowest BCUT2D eigenvalue weighted by atomic mass is 10.1. The van der Waals surface area contributed by atoms with Crippen LogP contribution in [0.2, 0.25) is 10.0 Å². The van der Waals surface area contributed by atoms with E-state index in [4.69, 9.17) is 33.8 Å². The molecule has 0 heterocycles. The minimum atomic E-state index is 0.566. The molecule has 4 N–H and O–H groups in total. The molecular weight excluding hydrogens is 311 g/mol. The molecule has 0 aliphatic rings. The van der Waals surface area contributed by atoms with Crippen LogP contribution in [0.5, 0.6) is 0 Å². The third-order valence-corrected chi connectivity index (χ3v) is 3.35. The molecule has 118 valence electrons. The Bertz CT molecular complexity index is 455. The van der Waals surface area contributed by atoms with E-state index >= 15 is 0 Å². The van der Waals surface area contributed by atoms with Crippen LogP contribution in [0.25, 0.3) is 0 Å². The number of rotatable bonds is 8. The number of nitrogens with zero attached hydrogens (tertiary/aromatic N) is 1. The lowest BCUT2D eigenvalue weighted by Gasteiger charge is -2.10. The highest BCUT2D eigenvalue weighted by molar-refractivity contribution is 6.35. The van der Waals surface area contributed by atoms with Gasteiger partial charge >= 0.3 is 0 Å². The lowest BCUT2D eigenvalue weighted by molar-refractivity contribution is 0.146. The number of hydrogen-bond donors (Lipinski definition) is 3. The predicted octanol–water partition coefficient (Wildman–Crippen LogP) is 2.37. The zero-order valence-electron chi connectivity index (χ0n) is 12.2. The quantitative estimate of drug-likeness (QED) is 0.225. The first-order valence-electron chi connectivity index (χ1n) is 6.94. The van der Waals surface area contributed by atoms with Crippen molar-refractivity contribution in [3.8, 4) is 0 Å². The molecule has 21 heavy (non-hydrogen) atoms. The second-order valence-electron chi connectivity index (χ2n) is 4.34. The molecule has 7 heteroatoms. The molecule has 1 aromatic rings. The molecule has 5 nitrogen and oxygen atoms in total. The molecule has 0 aliphatic heterocycles. The van der Waals surface area contributed by atoms with Gasteiger partial charge < -0.3 is 10.1 Å². The first-order valence-corrected chi connectivity index (χ1v) is 7.69. The van der Waals surface area contributed by atoms with Crippen LogP contribution in [0.1, 0.15) is 18.9 Å². The van der Waals surface area contributed by atoms with Crippen molar-refractivity contribution in [2.75, 3.05) is 26.3 Å². The SMILES string of the molecule is CCOCCCN=C(NN)NCCc1ccc(Cl)cc1Cl. The summed E-state index contributed by atoms with van der Waals surface area (Å²) in [7, 11) is 0. The smallest absolute Gasteiger partial charge is 0.205 e. The molecular formula is C14H22Cl2N4O. The van der Waals surface area contributed by atoms with Crippen LogP contribution in [0, 0.1) is 0 Å².